The van der Waals surface area contributed by atoms with E-state index in [1.165, 1.54) is 6.92 Å². The van der Waals surface area contributed by atoms with E-state index in [2.05, 4.69) is 6.58 Å². The molecule has 2 heterocycles. The summed E-state index contributed by atoms with van der Waals surface area (Å²) in [5.41, 5.74) is 2.15. The lowest BCUT2D eigenvalue weighted by Gasteiger charge is -2.44. The standard InChI is InChI=1S/C31H40O8/c1-5-16-33-28-18-27(38-23(4)32)31(22(3)36-28)39-29-17-26(34-19-24-12-8-6-9-13-24)30(21(2)37-29)35-20-25-14-10-7-11-15-25/h5-15,21-22,26-31H,1,16-20H2,2-4H3/t21-,22-,26-,27-,28+,29-,30-,31-/m1/s1. The van der Waals surface area contributed by atoms with Crippen molar-refractivity contribution in [3.05, 3.63) is 84.4 Å². The van der Waals surface area contributed by atoms with Crippen molar-refractivity contribution in [2.24, 2.45) is 0 Å². The number of carbonyl (C=O) groups is 1. The highest BCUT2D eigenvalue weighted by Crippen LogP contribution is 2.32. The van der Waals surface area contributed by atoms with Gasteiger partial charge in [-0.2, -0.15) is 0 Å². The van der Waals surface area contributed by atoms with E-state index in [4.69, 9.17) is 33.2 Å². The van der Waals surface area contributed by atoms with Crippen LogP contribution in [0.3, 0.4) is 0 Å². The van der Waals surface area contributed by atoms with Crippen molar-refractivity contribution in [1.29, 1.82) is 0 Å². The molecular formula is C31H40O8. The lowest BCUT2D eigenvalue weighted by molar-refractivity contribution is -0.318. The predicted octanol–water partition coefficient (Wildman–Crippen LogP) is 4.95. The van der Waals surface area contributed by atoms with E-state index >= 15 is 0 Å². The number of hydrogen-bond donors (Lipinski definition) is 0. The number of benzene rings is 2. The molecule has 0 amide bonds. The van der Waals surface area contributed by atoms with Crippen molar-refractivity contribution in [1.82, 2.24) is 0 Å². The molecule has 2 aromatic rings. The fourth-order valence-corrected chi connectivity index (χ4v) is 5.02. The highest BCUT2D eigenvalue weighted by atomic mass is 16.7. The molecule has 0 N–H and O–H groups in total. The summed E-state index contributed by atoms with van der Waals surface area (Å²) in [5, 5.41) is 0. The minimum absolute atomic E-state index is 0.279. The lowest BCUT2D eigenvalue weighted by Crippen LogP contribution is -2.55. The normalized spacial score (nSPS) is 30.9. The zero-order chi connectivity index (χ0) is 27.6. The molecule has 2 saturated heterocycles. The number of carbonyl (C=O) groups excluding carboxylic acids is 1. The van der Waals surface area contributed by atoms with E-state index in [9.17, 15) is 4.79 Å². The molecule has 4 rings (SSSR count). The molecule has 2 aromatic carbocycles. The van der Waals surface area contributed by atoms with Crippen LogP contribution in [0.4, 0.5) is 0 Å². The first kappa shape index (κ1) is 29.4. The van der Waals surface area contributed by atoms with Gasteiger partial charge in [0, 0.05) is 19.8 Å². The molecule has 8 nitrogen and oxygen atoms in total. The highest BCUT2D eigenvalue weighted by molar-refractivity contribution is 5.66. The lowest BCUT2D eigenvalue weighted by atomic mass is 9.99. The zero-order valence-electron chi connectivity index (χ0n) is 23.0. The average molecular weight is 541 g/mol. The van der Waals surface area contributed by atoms with Crippen LogP contribution in [-0.4, -0.2) is 61.8 Å². The fourth-order valence-electron chi connectivity index (χ4n) is 5.02. The van der Waals surface area contributed by atoms with Crippen LogP contribution in [0.15, 0.2) is 73.3 Å². The van der Waals surface area contributed by atoms with Crippen LogP contribution in [0.2, 0.25) is 0 Å². The molecule has 0 aliphatic carbocycles. The summed E-state index contributed by atoms with van der Waals surface area (Å²) < 4.78 is 42.8. The van der Waals surface area contributed by atoms with E-state index in [0.717, 1.165) is 11.1 Å². The minimum Gasteiger partial charge on any atom is -0.459 e. The van der Waals surface area contributed by atoms with Crippen LogP contribution < -0.4 is 0 Å². The Bertz CT molecular complexity index is 1020. The van der Waals surface area contributed by atoms with Crippen LogP contribution in [0, 0.1) is 0 Å². The van der Waals surface area contributed by atoms with E-state index < -0.39 is 30.9 Å². The largest absolute Gasteiger partial charge is 0.459 e. The van der Waals surface area contributed by atoms with Crippen LogP contribution in [0.1, 0.15) is 44.7 Å². The Morgan fingerprint density at radius 3 is 2.00 bits per heavy atom. The molecule has 2 fully saturated rings. The molecular weight excluding hydrogens is 500 g/mol. The first-order valence-corrected chi connectivity index (χ1v) is 13.6. The van der Waals surface area contributed by atoms with E-state index in [0.29, 0.717) is 32.7 Å². The maximum absolute atomic E-state index is 11.9. The summed E-state index contributed by atoms with van der Waals surface area (Å²) in [6, 6.07) is 20.1. The smallest absolute Gasteiger partial charge is 0.302 e. The van der Waals surface area contributed by atoms with Crippen molar-refractivity contribution < 1.29 is 38.0 Å². The molecule has 212 valence electrons. The number of rotatable bonds is 12. The van der Waals surface area contributed by atoms with Crippen LogP contribution in [0.5, 0.6) is 0 Å². The Labute approximate surface area is 231 Å². The average Bonchev–Trinajstić information content (AvgIpc) is 2.93. The topological polar surface area (TPSA) is 81.7 Å². The van der Waals surface area contributed by atoms with Gasteiger partial charge in [0.15, 0.2) is 12.6 Å². The summed E-state index contributed by atoms with van der Waals surface area (Å²) >= 11 is 0. The van der Waals surface area contributed by atoms with Crippen LogP contribution in [-0.2, 0) is 51.2 Å². The molecule has 0 spiro atoms. The Morgan fingerprint density at radius 2 is 1.38 bits per heavy atom. The van der Waals surface area contributed by atoms with Gasteiger partial charge in [0.25, 0.3) is 0 Å². The van der Waals surface area contributed by atoms with Crippen molar-refractivity contribution in [2.45, 2.75) is 96.0 Å². The second-order valence-corrected chi connectivity index (χ2v) is 9.98. The Morgan fingerprint density at radius 1 is 0.821 bits per heavy atom. The molecule has 0 bridgehead atoms. The van der Waals surface area contributed by atoms with E-state index in [-0.39, 0.29) is 24.3 Å². The van der Waals surface area contributed by atoms with Crippen LogP contribution >= 0.6 is 0 Å². The van der Waals surface area contributed by atoms with E-state index in [1.54, 1.807) is 6.08 Å². The fraction of sp³-hybridized carbons (Fsp3) is 0.516. The number of hydrogen-bond acceptors (Lipinski definition) is 8. The van der Waals surface area contributed by atoms with Gasteiger partial charge in [-0.05, 0) is 25.0 Å². The number of ether oxygens (including phenoxy) is 7. The summed E-state index contributed by atoms with van der Waals surface area (Å²) in [6.45, 7) is 10.1. The van der Waals surface area contributed by atoms with Crippen molar-refractivity contribution in [3.63, 3.8) is 0 Å². The molecule has 0 saturated carbocycles. The first-order valence-electron chi connectivity index (χ1n) is 13.6. The van der Waals surface area contributed by atoms with Crippen molar-refractivity contribution in [3.8, 4) is 0 Å². The van der Waals surface area contributed by atoms with Gasteiger partial charge in [-0.25, -0.2) is 0 Å². The van der Waals surface area contributed by atoms with Gasteiger partial charge >= 0.3 is 5.97 Å². The molecule has 2 aliphatic heterocycles. The second kappa shape index (κ2) is 14.7. The van der Waals surface area contributed by atoms with Gasteiger partial charge in [0.05, 0.1) is 38.1 Å². The Hall–Kier alpha value is -2.59. The van der Waals surface area contributed by atoms with Gasteiger partial charge in [-0.1, -0.05) is 66.7 Å². The third kappa shape index (κ3) is 8.70. The Balaban J connectivity index is 1.45. The van der Waals surface area contributed by atoms with Crippen LogP contribution in [0.25, 0.3) is 0 Å². The molecule has 8 atom stereocenters. The van der Waals surface area contributed by atoms with Gasteiger partial charge in [0.2, 0.25) is 0 Å². The van der Waals surface area contributed by atoms with Crippen molar-refractivity contribution in [2.75, 3.05) is 6.61 Å². The molecule has 8 heteroatoms. The quantitative estimate of drug-likeness (QED) is 0.276. The molecule has 0 aromatic heterocycles. The molecule has 2 aliphatic rings. The maximum atomic E-state index is 11.9. The van der Waals surface area contributed by atoms with Gasteiger partial charge < -0.3 is 33.2 Å². The molecule has 39 heavy (non-hydrogen) atoms. The number of esters is 1. The zero-order valence-corrected chi connectivity index (χ0v) is 23.0. The highest BCUT2D eigenvalue weighted by Gasteiger charge is 2.45. The maximum Gasteiger partial charge on any atom is 0.302 e. The predicted molar refractivity (Wildman–Crippen MR) is 145 cm³/mol. The third-order valence-corrected chi connectivity index (χ3v) is 6.86. The SMILES string of the molecule is C=CCO[C@@H]1C[C@@H](OC(C)=O)[C@H](O[C@@H]2C[C@@H](OCc3ccccc3)[C@H](OCc3ccccc3)[C@@H](C)O2)[C@@H](C)O1. The summed E-state index contributed by atoms with van der Waals surface area (Å²) in [6.07, 6.45) is -1.03. The molecule has 0 unspecified atom stereocenters. The summed E-state index contributed by atoms with van der Waals surface area (Å²) in [4.78, 5) is 11.9. The first-order chi connectivity index (χ1) is 18.9. The Kier molecular flexibility index (Phi) is 11.1. The van der Waals surface area contributed by atoms with Crippen molar-refractivity contribution >= 4 is 5.97 Å². The van der Waals surface area contributed by atoms with Gasteiger partial charge in [-0.3, -0.25) is 4.79 Å². The molecule has 0 radical (unpaired) electrons. The summed E-state index contributed by atoms with van der Waals surface area (Å²) in [5.74, 6) is -0.387. The second-order valence-electron chi connectivity index (χ2n) is 9.98. The monoisotopic (exact) mass is 540 g/mol. The van der Waals surface area contributed by atoms with Gasteiger partial charge in [-0.15, -0.1) is 6.58 Å². The van der Waals surface area contributed by atoms with Gasteiger partial charge in [0.1, 0.15) is 18.3 Å². The third-order valence-electron chi connectivity index (χ3n) is 6.86. The summed E-state index contributed by atoms with van der Waals surface area (Å²) in [7, 11) is 0. The van der Waals surface area contributed by atoms with E-state index in [1.807, 2.05) is 74.5 Å². The minimum atomic E-state index is -0.600.